The van der Waals surface area contributed by atoms with Crippen molar-refractivity contribution in [2.24, 2.45) is 0 Å². The molecule has 3 rings (SSSR count). The Hall–Kier alpha value is -1.10. The van der Waals surface area contributed by atoms with E-state index in [-0.39, 0.29) is 11.7 Å². The minimum absolute atomic E-state index is 0.0513. The molecule has 2 aliphatic rings. The number of hydrogen-bond acceptors (Lipinski definition) is 4. The van der Waals surface area contributed by atoms with Crippen molar-refractivity contribution in [3.05, 3.63) is 29.8 Å². The van der Waals surface area contributed by atoms with E-state index in [9.17, 15) is 0 Å². The number of hydrogen-bond donors (Lipinski definition) is 0. The van der Waals surface area contributed by atoms with E-state index in [4.69, 9.17) is 14.2 Å². The van der Waals surface area contributed by atoms with Crippen LogP contribution in [0, 0.1) is 0 Å². The minimum atomic E-state index is -0.0513. The second-order valence-electron chi connectivity index (χ2n) is 6.37. The quantitative estimate of drug-likeness (QED) is 0.856. The van der Waals surface area contributed by atoms with Gasteiger partial charge in [0.2, 0.25) is 0 Å². The van der Waals surface area contributed by atoms with E-state index >= 15 is 0 Å². The Bertz CT molecular complexity index is 483. The average Bonchev–Trinajstić information content (AvgIpc) is 2.58. The normalized spacial score (nSPS) is 25.3. The number of para-hydroxylation sites is 1. The van der Waals surface area contributed by atoms with E-state index in [1.54, 1.807) is 7.11 Å². The lowest BCUT2D eigenvalue weighted by molar-refractivity contribution is -0.186. The van der Waals surface area contributed by atoms with Crippen LogP contribution >= 0.6 is 0 Å². The fraction of sp³-hybridized carbons (Fsp3) is 0.667. The van der Waals surface area contributed by atoms with Crippen LogP contribution in [0.2, 0.25) is 0 Å². The molecule has 2 fully saturated rings. The zero-order valence-corrected chi connectivity index (χ0v) is 13.7. The Morgan fingerprint density at radius 2 is 2.00 bits per heavy atom. The highest BCUT2D eigenvalue weighted by Crippen LogP contribution is 2.37. The third-order valence-corrected chi connectivity index (χ3v) is 5.16. The number of nitrogens with zero attached hydrogens (tertiary/aromatic N) is 1. The van der Waals surface area contributed by atoms with Crippen LogP contribution in [0.4, 0.5) is 0 Å². The Morgan fingerprint density at radius 1 is 1.23 bits per heavy atom. The molecule has 4 heteroatoms. The molecule has 122 valence electrons. The molecule has 0 aromatic heterocycles. The number of benzene rings is 1. The zero-order chi connectivity index (χ0) is 15.4. The smallest absolute Gasteiger partial charge is 0.123 e. The van der Waals surface area contributed by atoms with Gasteiger partial charge in [0.25, 0.3) is 0 Å². The summed E-state index contributed by atoms with van der Waals surface area (Å²) in [5.74, 6) is 0.978. The molecule has 2 heterocycles. The first-order chi connectivity index (χ1) is 10.8. The highest BCUT2D eigenvalue weighted by molar-refractivity contribution is 5.33. The lowest BCUT2D eigenvalue weighted by Gasteiger charge is -2.48. The fourth-order valence-corrected chi connectivity index (χ4v) is 3.86. The molecule has 0 aliphatic carbocycles. The molecular weight excluding hydrogens is 278 g/mol. The number of rotatable bonds is 4. The molecule has 1 aromatic rings. The minimum Gasteiger partial charge on any atom is -0.496 e. The second-order valence-corrected chi connectivity index (χ2v) is 6.37. The van der Waals surface area contributed by atoms with E-state index < -0.39 is 0 Å². The molecule has 1 spiro atoms. The van der Waals surface area contributed by atoms with Crippen LogP contribution in [0.1, 0.15) is 31.2 Å². The molecular formula is C18H27NO3. The molecule has 22 heavy (non-hydrogen) atoms. The molecule has 0 bridgehead atoms. The molecule has 1 aromatic carbocycles. The molecule has 0 saturated carbocycles. The Morgan fingerprint density at radius 3 is 2.73 bits per heavy atom. The van der Waals surface area contributed by atoms with Crippen LogP contribution in [0.5, 0.6) is 5.75 Å². The van der Waals surface area contributed by atoms with Crippen molar-refractivity contribution in [2.45, 2.75) is 43.9 Å². The molecule has 4 nitrogen and oxygen atoms in total. The van der Waals surface area contributed by atoms with Gasteiger partial charge in [0.1, 0.15) is 5.75 Å². The van der Waals surface area contributed by atoms with Gasteiger partial charge in [0, 0.05) is 38.9 Å². The summed E-state index contributed by atoms with van der Waals surface area (Å²) in [7, 11) is 3.56. The molecule has 0 N–H and O–H groups in total. The monoisotopic (exact) mass is 305 g/mol. The van der Waals surface area contributed by atoms with Crippen molar-refractivity contribution in [3.63, 3.8) is 0 Å². The van der Waals surface area contributed by atoms with Crippen LogP contribution < -0.4 is 4.74 Å². The standard InChI is InChI=1S/C18H27NO3/c1-20-16-7-4-3-6-15(16)14-19-11-9-18(10-12-19)17(21-2)8-5-13-22-18/h3-4,6-7,17H,5,8-14H2,1-2H3. The molecule has 2 aliphatic heterocycles. The summed E-state index contributed by atoms with van der Waals surface area (Å²) < 4.78 is 17.3. The number of ether oxygens (including phenoxy) is 3. The molecule has 2 saturated heterocycles. The van der Waals surface area contributed by atoms with E-state index in [1.165, 1.54) is 5.56 Å². The van der Waals surface area contributed by atoms with Gasteiger partial charge in [-0.1, -0.05) is 18.2 Å². The molecule has 0 amide bonds. The van der Waals surface area contributed by atoms with Crippen molar-refractivity contribution in [3.8, 4) is 5.75 Å². The summed E-state index contributed by atoms with van der Waals surface area (Å²) in [5, 5.41) is 0. The van der Waals surface area contributed by atoms with Crippen LogP contribution in [0.25, 0.3) is 0 Å². The van der Waals surface area contributed by atoms with Crippen LogP contribution in [-0.2, 0) is 16.0 Å². The van der Waals surface area contributed by atoms with Gasteiger partial charge in [-0.05, 0) is 31.7 Å². The SMILES string of the molecule is COc1ccccc1CN1CCC2(CC1)OCCCC2OC. The fourth-order valence-electron chi connectivity index (χ4n) is 3.86. The van der Waals surface area contributed by atoms with Gasteiger partial charge in [-0.3, -0.25) is 4.90 Å². The molecule has 1 unspecified atom stereocenters. The predicted molar refractivity (Wildman–Crippen MR) is 86.2 cm³/mol. The number of piperidine rings is 1. The number of methoxy groups -OCH3 is 2. The summed E-state index contributed by atoms with van der Waals surface area (Å²) in [6.07, 6.45) is 4.62. The van der Waals surface area contributed by atoms with Crippen LogP contribution in [0.3, 0.4) is 0 Å². The van der Waals surface area contributed by atoms with Crippen LogP contribution in [0.15, 0.2) is 24.3 Å². The van der Waals surface area contributed by atoms with Gasteiger partial charge in [-0.15, -0.1) is 0 Å². The van der Waals surface area contributed by atoms with E-state index in [0.29, 0.717) is 0 Å². The summed E-state index contributed by atoms with van der Waals surface area (Å²) in [6, 6.07) is 8.28. The van der Waals surface area contributed by atoms with Gasteiger partial charge in [-0.25, -0.2) is 0 Å². The van der Waals surface area contributed by atoms with Crippen molar-refractivity contribution in [1.82, 2.24) is 4.90 Å². The van der Waals surface area contributed by atoms with Gasteiger partial charge in [0.15, 0.2) is 0 Å². The van der Waals surface area contributed by atoms with Crippen molar-refractivity contribution in [1.29, 1.82) is 0 Å². The molecule has 0 radical (unpaired) electrons. The Balaban J connectivity index is 1.62. The third-order valence-electron chi connectivity index (χ3n) is 5.16. The van der Waals surface area contributed by atoms with Gasteiger partial charge in [0.05, 0.1) is 18.8 Å². The van der Waals surface area contributed by atoms with E-state index in [0.717, 1.165) is 57.7 Å². The summed E-state index contributed by atoms with van der Waals surface area (Å²) in [5.41, 5.74) is 1.21. The first-order valence-electron chi connectivity index (χ1n) is 8.28. The number of likely N-dealkylation sites (tertiary alicyclic amines) is 1. The first kappa shape index (κ1) is 15.8. The largest absolute Gasteiger partial charge is 0.496 e. The van der Waals surface area contributed by atoms with Crippen molar-refractivity contribution < 1.29 is 14.2 Å². The maximum absolute atomic E-state index is 6.18. The highest BCUT2D eigenvalue weighted by atomic mass is 16.5. The van der Waals surface area contributed by atoms with Gasteiger partial charge in [-0.2, -0.15) is 0 Å². The topological polar surface area (TPSA) is 30.9 Å². The maximum atomic E-state index is 6.18. The van der Waals surface area contributed by atoms with Gasteiger partial charge >= 0.3 is 0 Å². The lowest BCUT2D eigenvalue weighted by atomic mass is 9.81. The van der Waals surface area contributed by atoms with Gasteiger partial charge < -0.3 is 14.2 Å². The lowest BCUT2D eigenvalue weighted by Crippen LogP contribution is -2.55. The summed E-state index contributed by atoms with van der Waals surface area (Å²) in [4.78, 5) is 2.49. The van der Waals surface area contributed by atoms with Crippen molar-refractivity contribution in [2.75, 3.05) is 33.9 Å². The van der Waals surface area contributed by atoms with Crippen LogP contribution in [-0.4, -0.2) is 50.5 Å². The highest BCUT2D eigenvalue weighted by Gasteiger charge is 2.44. The zero-order valence-electron chi connectivity index (χ0n) is 13.7. The second kappa shape index (κ2) is 6.99. The Labute approximate surface area is 133 Å². The summed E-state index contributed by atoms with van der Waals surface area (Å²) in [6.45, 7) is 3.93. The predicted octanol–water partition coefficient (Wildman–Crippen LogP) is 2.86. The van der Waals surface area contributed by atoms with Crippen molar-refractivity contribution >= 4 is 0 Å². The van der Waals surface area contributed by atoms with E-state index in [2.05, 4.69) is 17.0 Å². The summed E-state index contributed by atoms with van der Waals surface area (Å²) >= 11 is 0. The molecule has 1 atom stereocenters. The maximum Gasteiger partial charge on any atom is 0.123 e. The average molecular weight is 305 g/mol. The first-order valence-corrected chi connectivity index (χ1v) is 8.28. The Kier molecular flexibility index (Phi) is 5.01. The third kappa shape index (κ3) is 3.14. The van der Waals surface area contributed by atoms with E-state index in [1.807, 2.05) is 19.2 Å².